The lowest BCUT2D eigenvalue weighted by atomic mass is 10.00. The number of carbonyl (C=O) groups is 1. The maximum Gasteiger partial charge on any atom is 0.321 e. The Kier molecular flexibility index (Phi) is 4.30. The highest BCUT2D eigenvalue weighted by Crippen LogP contribution is 2.19. The van der Waals surface area contributed by atoms with Crippen LogP contribution in [0.15, 0.2) is 24.3 Å². The highest BCUT2D eigenvalue weighted by atomic mass is 16.2. The molecule has 0 spiro atoms. The van der Waals surface area contributed by atoms with Gasteiger partial charge in [0.05, 0.1) is 0 Å². The Labute approximate surface area is 115 Å². The van der Waals surface area contributed by atoms with Crippen LogP contribution in [0.25, 0.3) is 0 Å². The third-order valence-corrected chi connectivity index (χ3v) is 3.71. The number of amides is 2. The maximum absolute atomic E-state index is 12.1. The monoisotopic (exact) mass is 261 g/mol. The molecule has 1 aliphatic heterocycles. The summed E-state index contributed by atoms with van der Waals surface area (Å²) < 4.78 is 0. The van der Waals surface area contributed by atoms with Crippen molar-refractivity contribution in [1.82, 2.24) is 4.90 Å². The third kappa shape index (κ3) is 3.63. The van der Waals surface area contributed by atoms with Crippen molar-refractivity contribution < 1.29 is 4.79 Å². The van der Waals surface area contributed by atoms with Gasteiger partial charge in [0.2, 0.25) is 0 Å². The van der Waals surface area contributed by atoms with E-state index in [1.807, 2.05) is 48.2 Å². The molecule has 1 heterocycles. The molecule has 104 valence electrons. The van der Waals surface area contributed by atoms with Gasteiger partial charge in [-0.25, -0.2) is 4.79 Å². The van der Waals surface area contributed by atoms with Gasteiger partial charge in [-0.05, 0) is 43.0 Å². The van der Waals surface area contributed by atoms with E-state index in [9.17, 15) is 4.79 Å². The number of carbonyl (C=O) groups excluding carboxylic acids is 1. The van der Waals surface area contributed by atoms with Gasteiger partial charge in [-0.15, -0.1) is 0 Å². The van der Waals surface area contributed by atoms with Crippen molar-refractivity contribution in [2.75, 3.05) is 37.4 Å². The minimum Gasteiger partial charge on any atom is -0.378 e. The van der Waals surface area contributed by atoms with Crippen molar-refractivity contribution in [3.05, 3.63) is 24.3 Å². The largest absolute Gasteiger partial charge is 0.378 e. The quantitative estimate of drug-likeness (QED) is 0.888. The summed E-state index contributed by atoms with van der Waals surface area (Å²) in [5, 5.41) is 2.96. The van der Waals surface area contributed by atoms with Gasteiger partial charge < -0.3 is 15.1 Å². The molecule has 0 atom stereocenters. The molecule has 1 aromatic rings. The maximum atomic E-state index is 12.1. The van der Waals surface area contributed by atoms with E-state index in [0.29, 0.717) is 0 Å². The molecule has 2 rings (SSSR count). The number of urea groups is 1. The first-order valence-electron chi connectivity index (χ1n) is 6.89. The lowest BCUT2D eigenvalue weighted by Gasteiger charge is -2.30. The lowest BCUT2D eigenvalue weighted by Crippen LogP contribution is -2.40. The summed E-state index contributed by atoms with van der Waals surface area (Å²) in [5.41, 5.74) is 1.99. The first-order valence-corrected chi connectivity index (χ1v) is 6.89. The van der Waals surface area contributed by atoms with Crippen molar-refractivity contribution in [2.45, 2.75) is 19.8 Å². The molecular weight excluding hydrogens is 238 g/mol. The summed E-state index contributed by atoms with van der Waals surface area (Å²) in [4.78, 5) is 16.0. The number of hydrogen-bond donors (Lipinski definition) is 1. The van der Waals surface area contributed by atoms with E-state index in [4.69, 9.17) is 0 Å². The molecule has 0 aliphatic carbocycles. The molecular formula is C15H23N3O. The molecule has 0 unspecified atom stereocenters. The molecule has 4 heteroatoms. The summed E-state index contributed by atoms with van der Waals surface area (Å²) in [6, 6.07) is 7.92. The molecule has 0 aromatic heterocycles. The summed E-state index contributed by atoms with van der Waals surface area (Å²) in [5.74, 6) is 0.739. The number of hydrogen-bond acceptors (Lipinski definition) is 2. The normalized spacial score (nSPS) is 16.3. The van der Waals surface area contributed by atoms with E-state index in [0.717, 1.165) is 43.2 Å². The predicted molar refractivity (Wildman–Crippen MR) is 79.8 cm³/mol. The van der Waals surface area contributed by atoms with Crippen molar-refractivity contribution >= 4 is 17.4 Å². The SMILES string of the molecule is CC1CCN(C(=O)Nc2ccc(N(C)C)cc2)CC1. The Morgan fingerprint density at radius 3 is 2.32 bits per heavy atom. The van der Waals surface area contributed by atoms with Crippen molar-refractivity contribution in [2.24, 2.45) is 5.92 Å². The Balaban J connectivity index is 1.91. The van der Waals surface area contributed by atoms with Gasteiger partial charge in [0.1, 0.15) is 0 Å². The Morgan fingerprint density at radius 1 is 1.21 bits per heavy atom. The van der Waals surface area contributed by atoms with Crippen LogP contribution in [0.1, 0.15) is 19.8 Å². The Bertz CT molecular complexity index is 420. The van der Waals surface area contributed by atoms with E-state index in [1.165, 1.54) is 0 Å². The smallest absolute Gasteiger partial charge is 0.321 e. The summed E-state index contributed by atoms with van der Waals surface area (Å²) >= 11 is 0. The number of benzene rings is 1. The molecule has 1 fully saturated rings. The summed E-state index contributed by atoms with van der Waals surface area (Å²) in [6.07, 6.45) is 2.21. The van der Waals surface area contributed by atoms with Gasteiger partial charge in [0.15, 0.2) is 0 Å². The number of piperidine rings is 1. The molecule has 0 radical (unpaired) electrons. The fraction of sp³-hybridized carbons (Fsp3) is 0.533. The van der Waals surface area contributed by atoms with E-state index >= 15 is 0 Å². The molecule has 0 saturated carbocycles. The second kappa shape index (κ2) is 5.95. The zero-order valence-corrected chi connectivity index (χ0v) is 12.0. The van der Waals surface area contributed by atoms with Crippen LogP contribution in [0.5, 0.6) is 0 Å². The second-order valence-electron chi connectivity index (χ2n) is 5.54. The van der Waals surface area contributed by atoms with E-state index in [2.05, 4.69) is 12.2 Å². The fourth-order valence-corrected chi connectivity index (χ4v) is 2.26. The van der Waals surface area contributed by atoms with Crippen molar-refractivity contribution in [3.63, 3.8) is 0 Å². The summed E-state index contributed by atoms with van der Waals surface area (Å²) in [7, 11) is 4.00. The number of nitrogens with one attached hydrogen (secondary N) is 1. The molecule has 1 aliphatic rings. The van der Waals surface area contributed by atoms with Gasteiger partial charge >= 0.3 is 6.03 Å². The van der Waals surface area contributed by atoms with E-state index < -0.39 is 0 Å². The average Bonchev–Trinajstić information content (AvgIpc) is 2.40. The Morgan fingerprint density at radius 2 is 1.79 bits per heavy atom. The van der Waals surface area contributed by atoms with Crippen LogP contribution in [-0.4, -0.2) is 38.1 Å². The highest BCUT2D eigenvalue weighted by Gasteiger charge is 2.20. The van der Waals surface area contributed by atoms with Gasteiger partial charge in [-0.1, -0.05) is 6.92 Å². The fourth-order valence-electron chi connectivity index (χ4n) is 2.26. The first kappa shape index (κ1) is 13.7. The Hall–Kier alpha value is -1.71. The molecule has 1 aromatic carbocycles. The molecule has 1 saturated heterocycles. The third-order valence-electron chi connectivity index (χ3n) is 3.71. The number of nitrogens with zero attached hydrogens (tertiary/aromatic N) is 2. The molecule has 19 heavy (non-hydrogen) atoms. The van der Waals surface area contributed by atoms with Gasteiger partial charge in [0.25, 0.3) is 0 Å². The van der Waals surface area contributed by atoms with Crippen LogP contribution in [0.4, 0.5) is 16.2 Å². The average molecular weight is 261 g/mol. The van der Waals surface area contributed by atoms with Gasteiger partial charge in [-0.2, -0.15) is 0 Å². The number of anilines is 2. The first-order chi connectivity index (χ1) is 9.06. The molecule has 2 amide bonds. The minimum atomic E-state index is 0.0181. The van der Waals surface area contributed by atoms with Crippen LogP contribution in [0.3, 0.4) is 0 Å². The van der Waals surface area contributed by atoms with E-state index in [-0.39, 0.29) is 6.03 Å². The van der Waals surface area contributed by atoms with Crippen LogP contribution >= 0.6 is 0 Å². The predicted octanol–water partition coefficient (Wildman–Crippen LogP) is 3.02. The van der Waals surface area contributed by atoms with Crippen molar-refractivity contribution in [1.29, 1.82) is 0 Å². The van der Waals surface area contributed by atoms with E-state index in [1.54, 1.807) is 0 Å². The topological polar surface area (TPSA) is 35.6 Å². The standard InChI is InChI=1S/C15H23N3O/c1-12-8-10-18(11-9-12)15(19)16-13-4-6-14(7-5-13)17(2)3/h4-7,12H,8-11H2,1-3H3,(H,16,19). The van der Waals surface area contributed by atoms with Crippen LogP contribution in [0.2, 0.25) is 0 Å². The second-order valence-corrected chi connectivity index (χ2v) is 5.54. The zero-order valence-electron chi connectivity index (χ0n) is 12.0. The van der Waals surface area contributed by atoms with Crippen LogP contribution < -0.4 is 10.2 Å². The van der Waals surface area contributed by atoms with Crippen molar-refractivity contribution in [3.8, 4) is 0 Å². The minimum absolute atomic E-state index is 0.0181. The zero-order chi connectivity index (χ0) is 13.8. The summed E-state index contributed by atoms with van der Waals surface area (Å²) in [6.45, 7) is 3.97. The van der Waals surface area contributed by atoms with Gasteiger partial charge in [0, 0.05) is 38.6 Å². The van der Waals surface area contributed by atoms with Crippen LogP contribution in [-0.2, 0) is 0 Å². The highest BCUT2D eigenvalue weighted by molar-refractivity contribution is 5.89. The lowest BCUT2D eigenvalue weighted by molar-refractivity contribution is 0.186. The van der Waals surface area contributed by atoms with Crippen LogP contribution in [0, 0.1) is 5.92 Å². The number of likely N-dealkylation sites (tertiary alicyclic amines) is 1. The van der Waals surface area contributed by atoms with Gasteiger partial charge in [-0.3, -0.25) is 0 Å². The number of rotatable bonds is 2. The molecule has 0 bridgehead atoms. The molecule has 1 N–H and O–H groups in total. The molecule has 4 nitrogen and oxygen atoms in total.